The lowest BCUT2D eigenvalue weighted by atomic mass is 10.3. The van der Waals surface area contributed by atoms with Crippen molar-refractivity contribution in [1.82, 2.24) is 9.97 Å². The number of nitrogens with one attached hydrogen (secondary N) is 1. The Balaban J connectivity index is 1.82. The normalized spacial score (nSPS) is 9.95. The maximum atomic E-state index is 11.8. The number of rotatable bonds is 5. The van der Waals surface area contributed by atoms with Crippen molar-refractivity contribution < 1.29 is 4.79 Å². The van der Waals surface area contributed by atoms with Crippen LogP contribution in [0.1, 0.15) is 12.0 Å². The summed E-state index contributed by atoms with van der Waals surface area (Å²) in [6.45, 7) is 0. The molecule has 0 saturated heterocycles. The van der Waals surface area contributed by atoms with E-state index >= 15 is 0 Å². The summed E-state index contributed by atoms with van der Waals surface area (Å²) in [4.78, 5) is 19.8. The van der Waals surface area contributed by atoms with Gasteiger partial charge in [-0.25, -0.2) is 9.97 Å². The number of nitriles is 1. The zero-order chi connectivity index (χ0) is 14.4. The number of hydrogen-bond donors (Lipinski definition) is 2. The summed E-state index contributed by atoms with van der Waals surface area (Å²) in [6.07, 6.45) is 3.39. The molecule has 3 N–H and O–H groups in total. The molecule has 0 saturated carbocycles. The fourth-order valence-corrected chi connectivity index (χ4v) is 2.94. The second-order valence-electron chi connectivity index (χ2n) is 3.67. The molecule has 2 heterocycles. The van der Waals surface area contributed by atoms with Crippen molar-refractivity contribution in [2.45, 2.75) is 11.4 Å². The molecule has 8 heteroatoms. The minimum absolute atomic E-state index is 0.140. The zero-order valence-corrected chi connectivity index (χ0v) is 12.0. The SMILES string of the molecule is N#Cc1ccsc1NC(=O)CCSc1nccnc1N. The van der Waals surface area contributed by atoms with E-state index in [0.717, 1.165) is 0 Å². The number of thioether (sulfide) groups is 1. The molecule has 0 aliphatic carbocycles. The van der Waals surface area contributed by atoms with Gasteiger partial charge in [-0.15, -0.1) is 23.1 Å². The monoisotopic (exact) mass is 305 g/mol. The second kappa shape index (κ2) is 6.88. The second-order valence-corrected chi connectivity index (χ2v) is 5.67. The fraction of sp³-hybridized carbons (Fsp3) is 0.167. The van der Waals surface area contributed by atoms with Gasteiger partial charge in [0.25, 0.3) is 0 Å². The van der Waals surface area contributed by atoms with E-state index in [9.17, 15) is 4.79 Å². The average molecular weight is 305 g/mol. The van der Waals surface area contributed by atoms with E-state index in [1.165, 1.54) is 29.3 Å². The number of carbonyl (C=O) groups excluding carboxylic acids is 1. The summed E-state index contributed by atoms with van der Waals surface area (Å²) in [5.41, 5.74) is 6.14. The first-order valence-corrected chi connectivity index (χ1v) is 7.54. The Labute approximate surface area is 124 Å². The summed E-state index contributed by atoms with van der Waals surface area (Å²) < 4.78 is 0. The molecule has 6 nitrogen and oxygen atoms in total. The molecule has 0 aliphatic rings. The molecule has 0 radical (unpaired) electrons. The van der Waals surface area contributed by atoms with Gasteiger partial charge in [-0.05, 0) is 11.4 Å². The van der Waals surface area contributed by atoms with Crippen LogP contribution in [0.2, 0.25) is 0 Å². The highest BCUT2D eigenvalue weighted by Crippen LogP contribution is 2.23. The standard InChI is InChI=1S/C12H11N5OS2/c13-7-8-1-5-19-11(8)17-9(18)2-6-20-12-10(14)15-3-4-16-12/h1,3-5H,2,6H2,(H2,14,15)(H,17,18). The largest absolute Gasteiger partial charge is 0.381 e. The van der Waals surface area contributed by atoms with Crippen molar-refractivity contribution in [3.05, 3.63) is 29.4 Å². The Morgan fingerprint density at radius 3 is 3.05 bits per heavy atom. The highest BCUT2D eigenvalue weighted by Gasteiger charge is 2.09. The molecule has 0 spiro atoms. The van der Waals surface area contributed by atoms with E-state index in [1.54, 1.807) is 17.6 Å². The molecule has 0 bridgehead atoms. The lowest BCUT2D eigenvalue weighted by molar-refractivity contribution is -0.115. The first-order chi connectivity index (χ1) is 9.70. The summed E-state index contributed by atoms with van der Waals surface area (Å²) in [5.74, 6) is 0.768. The number of nitrogens with two attached hydrogens (primary N) is 1. The molecule has 0 atom stereocenters. The molecule has 0 aromatic carbocycles. The first kappa shape index (κ1) is 14.3. The van der Waals surface area contributed by atoms with Crippen LogP contribution in [0.5, 0.6) is 0 Å². The van der Waals surface area contributed by atoms with E-state index < -0.39 is 0 Å². The third-order valence-electron chi connectivity index (χ3n) is 2.30. The number of carbonyl (C=O) groups is 1. The topological polar surface area (TPSA) is 105 Å². The third-order valence-corrected chi connectivity index (χ3v) is 4.12. The minimum atomic E-state index is -0.140. The molecule has 102 valence electrons. The Bertz CT molecular complexity index is 649. The van der Waals surface area contributed by atoms with Crippen molar-refractivity contribution in [1.29, 1.82) is 5.26 Å². The molecular formula is C12H11N5OS2. The first-order valence-electron chi connectivity index (χ1n) is 5.67. The molecule has 0 aliphatic heterocycles. The predicted octanol–water partition coefficient (Wildman–Crippen LogP) is 2.11. The maximum absolute atomic E-state index is 11.8. The molecule has 2 aromatic heterocycles. The number of aromatic nitrogens is 2. The smallest absolute Gasteiger partial charge is 0.225 e. The van der Waals surface area contributed by atoms with Crippen LogP contribution in [0, 0.1) is 11.3 Å². The van der Waals surface area contributed by atoms with Gasteiger partial charge >= 0.3 is 0 Å². The number of thiophene rings is 1. The van der Waals surface area contributed by atoms with Crippen molar-refractivity contribution in [2.24, 2.45) is 0 Å². The molecule has 2 rings (SSSR count). The lowest BCUT2D eigenvalue weighted by Crippen LogP contribution is -2.12. The zero-order valence-electron chi connectivity index (χ0n) is 10.4. The molecule has 1 amide bonds. The predicted molar refractivity (Wildman–Crippen MR) is 79.4 cm³/mol. The van der Waals surface area contributed by atoms with Gasteiger partial charge in [0.2, 0.25) is 5.91 Å². The van der Waals surface area contributed by atoms with Gasteiger partial charge in [0, 0.05) is 24.6 Å². The van der Waals surface area contributed by atoms with E-state index in [2.05, 4.69) is 15.3 Å². The van der Waals surface area contributed by atoms with E-state index in [4.69, 9.17) is 11.0 Å². The Kier molecular flexibility index (Phi) is 4.92. The number of anilines is 2. The van der Waals surface area contributed by atoms with Crippen LogP contribution in [0.15, 0.2) is 28.9 Å². The quantitative estimate of drug-likeness (QED) is 0.820. The highest BCUT2D eigenvalue weighted by molar-refractivity contribution is 7.99. The summed E-state index contributed by atoms with van der Waals surface area (Å²) in [6, 6.07) is 3.70. The van der Waals surface area contributed by atoms with Gasteiger partial charge < -0.3 is 11.1 Å². The van der Waals surface area contributed by atoms with Crippen LogP contribution in [0.25, 0.3) is 0 Å². The molecule has 20 heavy (non-hydrogen) atoms. The Morgan fingerprint density at radius 1 is 1.50 bits per heavy atom. The van der Waals surface area contributed by atoms with Crippen LogP contribution >= 0.6 is 23.1 Å². The van der Waals surface area contributed by atoms with Crippen LogP contribution in [-0.2, 0) is 4.79 Å². The number of nitrogen functional groups attached to an aromatic ring is 1. The van der Waals surface area contributed by atoms with Gasteiger partial charge in [0.1, 0.15) is 16.1 Å². The third kappa shape index (κ3) is 3.69. The van der Waals surface area contributed by atoms with Gasteiger partial charge in [-0.3, -0.25) is 4.79 Å². The van der Waals surface area contributed by atoms with Gasteiger partial charge in [-0.2, -0.15) is 5.26 Å². The molecule has 2 aromatic rings. The number of amides is 1. The summed E-state index contributed by atoms with van der Waals surface area (Å²) >= 11 is 2.71. The van der Waals surface area contributed by atoms with Crippen molar-refractivity contribution in [3.8, 4) is 6.07 Å². The van der Waals surface area contributed by atoms with Crippen molar-refractivity contribution in [2.75, 3.05) is 16.8 Å². The van der Waals surface area contributed by atoms with E-state index in [1.807, 2.05) is 6.07 Å². The maximum Gasteiger partial charge on any atom is 0.225 e. The van der Waals surface area contributed by atoms with Crippen molar-refractivity contribution in [3.63, 3.8) is 0 Å². The summed E-state index contributed by atoms with van der Waals surface area (Å²) in [7, 11) is 0. The van der Waals surface area contributed by atoms with E-state index in [-0.39, 0.29) is 5.91 Å². The molecule has 0 fully saturated rings. The Morgan fingerprint density at radius 2 is 2.30 bits per heavy atom. The average Bonchev–Trinajstić information content (AvgIpc) is 2.88. The van der Waals surface area contributed by atoms with Gasteiger partial charge in [-0.1, -0.05) is 0 Å². The Hall–Kier alpha value is -2.11. The molecule has 0 unspecified atom stereocenters. The van der Waals surface area contributed by atoms with Gasteiger partial charge in [0.05, 0.1) is 5.56 Å². The van der Waals surface area contributed by atoms with Crippen LogP contribution < -0.4 is 11.1 Å². The van der Waals surface area contributed by atoms with Crippen LogP contribution in [0.3, 0.4) is 0 Å². The highest BCUT2D eigenvalue weighted by atomic mass is 32.2. The molecular weight excluding hydrogens is 294 g/mol. The van der Waals surface area contributed by atoms with Crippen LogP contribution in [0.4, 0.5) is 10.8 Å². The number of hydrogen-bond acceptors (Lipinski definition) is 7. The van der Waals surface area contributed by atoms with Crippen molar-refractivity contribution >= 4 is 39.8 Å². The fourth-order valence-electron chi connectivity index (χ4n) is 1.37. The van der Waals surface area contributed by atoms with Gasteiger partial charge in [0.15, 0.2) is 5.82 Å². The number of nitrogens with zero attached hydrogens (tertiary/aromatic N) is 3. The minimum Gasteiger partial charge on any atom is -0.381 e. The lowest BCUT2D eigenvalue weighted by Gasteiger charge is -2.04. The van der Waals surface area contributed by atoms with Crippen LogP contribution in [-0.4, -0.2) is 21.6 Å². The summed E-state index contributed by atoms with van der Waals surface area (Å²) in [5, 5.41) is 14.5. The van der Waals surface area contributed by atoms with E-state index in [0.29, 0.717) is 33.6 Å².